The van der Waals surface area contributed by atoms with Gasteiger partial charge >= 0.3 is 0 Å². The van der Waals surface area contributed by atoms with Crippen LogP contribution in [-0.4, -0.2) is 5.11 Å². The third kappa shape index (κ3) is 2.65. The number of fused-ring (bicyclic) bond motifs is 1. The van der Waals surface area contributed by atoms with Crippen LogP contribution >= 0.6 is 31.9 Å². The fraction of sp³-hybridized carbons (Fsp3) is 0.200. The zero-order valence-electron chi connectivity index (χ0n) is 10.2. The molecule has 0 radical (unpaired) electrons. The van der Waals surface area contributed by atoms with Gasteiger partial charge in [0.15, 0.2) is 0 Å². The van der Waals surface area contributed by atoms with Crippen molar-refractivity contribution < 1.29 is 5.11 Å². The summed E-state index contributed by atoms with van der Waals surface area (Å²) in [4.78, 5) is 0. The van der Waals surface area contributed by atoms with Crippen LogP contribution in [0.3, 0.4) is 0 Å². The molecule has 0 fully saturated rings. The first-order valence-corrected chi connectivity index (χ1v) is 7.75. The van der Waals surface area contributed by atoms with Crippen LogP contribution in [0.1, 0.15) is 23.6 Å². The highest BCUT2D eigenvalue weighted by Crippen LogP contribution is 2.37. The molecule has 2 N–H and O–H groups in total. The number of benzene rings is 2. The smallest absolute Gasteiger partial charge is 0.115 e. The number of anilines is 1. The molecule has 1 atom stereocenters. The van der Waals surface area contributed by atoms with Gasteiger partial charge in [-0.3, -0.25) is 0 Å². The van der Waals surface area contributed by atoms with Crippen molar-refractivity contribution in [2.45, 2.75) is 18.9 Å². The molecule has 2 nitrogen and oxygen atoms in total. The number of nitrogens with one attached hydrogen (secondary N) is 1. The van der Waals surface area contributed by atoms with Crippen LogP contribution in [0, 0.1) is 0 Å². The van der Waals surface area contributed by atoms with Crippen molar-refractivity contribution in [1.82, 2.24) is 0 Å². The van der Waals surface area contributed by atoms with Gasteiger partial charge in [0.2, 0.25) is 0 Å². The molecular weight excluding hydrogens is 370 g/mol. The number of phenolic OH excluding ortho intramolecular Hbond substituents is 1. The van der Waals surface area contributed by atoms with E-state index in [9.17, 15) is 5.11 Å². The number of rotatable bonds is 2. The van der Waals surface area contributed by atoms with E-state index in [0.717, 1.165) is 27.5 Å². The molecule has 0 aliphatic heterocycles. The Morgan fingerprint density at radius 3 is 2.79 bits per heavy atom. The summed E-state index contributed by atoms with van der Waals surface area (Å²) in [6.45, 7) is 0. The summed E-state index contributed by atoms with van der Waals surface area (Å²) in [5.74, 6) is 0.350. The van der Waals surface area contributed by atoms with Crippen molar-refractivity contribution in [3.8, 4) is 5.75 Å². The van der Waals surface area contributed by atoms with E-state index in [4.69, 9.17) is 0 Å². The quantitative estimate of drug-likeness (QED) is 0.764. The Balaban J connectivity index is 1.88. The predicted molar refractivity (Wildman–Crippen MR) is 84.6 cm³/mol. The number of aromatic hydroxyl groups is 1. The summed E-state index contributed by atoms with van der Waals surface area (Å²) in [7, 11) is 0. The van der Waals surface area contributed by atoms with Gasteiger partial charge in [0, 0.05) is 8.95 Å². The summed E-state index contributed by atoms with van der Waals surface area (Å²) in [6.07, 6.45) is 2.06. The van der Waals surface area contributed by atoms with Gasteiger partial charge in [-0.1, -0.05) is 22.0 Å². The minimum atomic E-state index is 0.307. The fourth-order valence-electron chi connectivity index (χ4n) is 2.55. The van der Waals surface area contributed by atoms with Gasteiger partial charge in [0.1, 0.15) is 5.75 Å². The van der Waals surface area contributed by atoms with Crippen LogP contribution < -0.4 is 5.32 Å². The molecule has 19 heavy (non-hydrogen) atoms. The maximum absolute atomic E-state index is 9.52. The fourth-order valence-corrected chi connectivity index (χ4v) is 3.27. The topological polar surface area (TPSA) is 32.3 Å². The second kappa shape index (κ2) is 5.17. The lowest BCUT2D eigenvalue weighted by Crippen LogP contribution is -2.07. The van der Waals surface area contributed by atoms with Gasteiger partial charge < -0.3 is 10.4 Å². The van der Waals surface area contributed by atoms with Gasteiger partial charge in [-0.2, -0.15) is 0 Å². The Morgan fingerprint density at radius 2 is 1.95 bits per heavy atom. The Kier molecular flexibility index (Phi) is 3.54. The van der Waals surface area contributed by atoms with E-state index in [1.165, 1.54) is 11.1 Å². The number of halogens is 2. The van der Waals surface area contributed by atoms with Gasteiger partial charge in [-0.25, -0.2) is 0 Å². The summed E-state index contributed by atoms with van der Waals surface area (Å²) >= 11 is 7.06. The maximum atomic E-state index is 9.52. The van der Waals surface area contributed by atoms with Crippen molar-refractivity contribution in [3.63, 3.8) is 0 Å². The van der Waals surface area contributed by atoms with Gasteiger partial charge in [0.05, 0.1) is 11.7 Å². The summed E-state index contributed by atoms with van der Waals surface area (Å²) in [5.41, 5.74) is 3.61. The minimum Gasteiger partial charge on any atom is -0.508 e. The second-order valence-electron chi connectivity index (χ2n) is 4.74. The largest absolute Gasteiger partial charge is 0.508 e. The molecule has 0 spiro atoms. The average molecular weight is 383 g/mol. The number of hydrogen-bond donors (Lipinski definition) is 2. The molecule has 0 aromatic heterocycles. The van der Waals surface area contributed by atoms with Crippen molar-refractivity contribution >= 4 is 37.5 Å². The molecule has 3 rings (SSSR count). The van der Waals surface area contributed by atoms with E-state index < -0.39 is 0 Å². The van der Waals surface area contributed by atoms with Crippen LogP contribution in [0.5, 0.6) is 5.75 Å². The first-order chi connectivity index (χ1) is 9.13. The van der Waals surface area contributed by atoms with E-state index in [0.29, 0.717) is 11.8 Å². The first-order valence-electron chi connectivity index (χ1n) is 6.17. The molecule has 0 saturated carbocycles. The lowest BCUT2D eigenvalue weighted by Gasteiger charge is -2.17. The van der Waals surface area contributed by atoms with E-state index in [2.05, 4.69) is 43.2 Å². The maximum Gasteiger partial charge on any atom is 0.115 e. The van der Waals surface area contributed by atoms with E-state index >= 15 is 0 Å². The highest BCUT2D eigenvalue weighted by molar-refractivity contribution is 9.11. The Morgan fingerprint density at radius 1 is 1.11 bits per heavy atom. The average Bonchev–Trinajstić information content (AvgIpc) is 2.76. The molecule has 0 amide bonds. The van der Waals surface area contributed by atoms with E-state index in [1.54, 1.807) is 6.07 Å². The second-order valence-corrected chi connectivity index (χ2v) is 6.51. The van der Waals surface area contributed by atoms with E-state index in [1.807, 2.05) is 24.3 Å². The molecular formula is C15H13Br2NO. The zero-order chi connectivity index (χ0) is 13.4. The van der Waals surface area contributed by atoms with Crippen LogP contribution in [0.15, 0.2) is 45.3 Å². The molecule has 1 aliphatic rings. The molecule has 1 unspecified atom stereocenters. The SMILES string of the molecule is Oc1ccc2c(c1)CCC2Nc1cc(Br)ccc1Br. The molecule has 2 aromatic rings. The highest BCUT2D eigenvalue weighted by atomic mass is 79.9. The van der Waals surface area contributed by atoms with Crippen molar-refractivity contribution in [3.05, 3.63) is 56.5 Å². The normalized spacial score (nSPS) is 17.3. The predicted octanol–water partition coefficient (Wildman–Crippen LogP) is 5.02. The lowest BCUT2D eigenvalue weighted by atomic mass is 10.1. The molecule has 0 heterocycles. The monoisotopic (exact) mass is 381 g/mol. The summed E-state index contributed by atoms with van der Waals surface area (Å²) in [5, 5.41) is 13.1. The summed E-state index contributed by atoms with van der Waals surface area (Å²) in [6, 6.07) is 12.1. The van der Waals surface area contributed by atoms with Gasteiger partial charge in [-0.15, -0.1) is 0 Å². The number of hydrogen-bond acceptors (Lipinski definition) is 2. The molecule has 1 aliphatic carbocycles. The molecule has 98 valence electrons. The molecule has 4 heteroatoms. The van der Waals surface area contributed by atoms with Crippen LogP contribution in [0.4, 0.5) is 5.69 Å². The minimum absolute atomic E-state index is 0.307. The Hall–Kier alpha value is -1.000. The highest BCUT2D eigenvalue weighted by Gasteiger charge is 2.23. The lowest BCUT2D eigenvalue weighted by molar-refractivity contribution is 0.474. The molecule has 0 bridgehead atoms. The van der Waals surface area contributed by atoms with Gasteiger partial charge in [-0.05, 0) is 70.2 Å². The van der Waals surface area contributed by atoms with Crippen molar-refractivity contribution in [2.75, 3.05) is 5.32 Å². The summed E-state index contributed by atoms with van der Waals surface area (Å²) < 4.78 is 2.12. The standard InChI is InChI=1S/C15H13Br2NO/c16-10-2-5-13(17)15(8-10)18-14-6-1-9-7-11(19)3-4-12(9)14/h2-5,7-8,14,18-19H,1,6H2. The Bertz CT molecular complexity index is 628. The Labute approximate surface area is 129 Å². The molecule has 2 aromatic carbocycles. The van der Waals surface area contributed by atoms with Crippen molar-refractivity contribution in [1.29, 1.82) is 0 Å². The zero-order valence-corrected chi connectivity index (χ0v) is 13.3. The molecule has 0 saturated heterocycles. The number of phenols is 1. The van der Waals surface area contributed by atoms with Crippen LogP contribution in [0.2, 0.25) is 0 Å². The number of aryl methyl sites for hydroxylation is 1. The van der Waals surface area contributed by atoms with Crippen LogP contribution in [0.25, 0.3) is 0 Å². The third-order valence-electron chi connectivity index (χ3n) is 3.46. The third-order valence-corrected chi connectivity index (χ3v) is 4.65. The van der Waals surface area contributed by atoms with Crippen molar-refractivity contribution in [2.24, 2.45) is 0 Å². The van der Waals surface area contributed by atoms with E-state index in [-0.39, 0.29) is 0 Å². The first kappa shape index (κ1) is 13.0. The van der Waals surface area contributed by atoms with Crippen LogP contribution in [-0.2, 0) is 6.42 Å². The van der Waals surface area contributed by atoms with Gasteiger partial charge in [0.25, 0.3) is 0 Å².